The third-order valence-electron chi connectivity index (χ3n) is 6.31. The Kier molecular flexibility index (Phi) is 11.1. The van der Waals surface area contributed by atoms with E-state index in [-0.39, 0.29) is 51.9 Å². The first-order chi connectivity index (χ1) is 14.2. The largest absolute Gasteiger partial charge is 1.00 e. The number of rotatable bonds is 9. The molecule has 0 aliphatic heterocycles. The van der Waals surface area contributed by atoms with Crippen molar-refractivity contribution in [1.29, 1.82) is 0 Å². The standard InChI is InChI=1S/C17H24P.C10H9.2ClH.Ti/c1-3-5-11-18(12-6-4-2)17-13-15-9-7-8-10-16(15)14-17;1-8-6-9-4-2-3-5-10(9)7-8;;;/h7-10,13-14H,3-6,11-12H2,1-2H3;2-7H,1H3;2*1H;/q;;;;+2/p-2. The average molecular weight is 507 g/mol. The van der Waals surface area contributed by atoms with Crippen molar-refractivity contribution < 1.29 is 44.0 Å². The summed E-state index contributed by atoms with van der Waals surface area (Å²) < 4.78 is 1.42. The molecule has 0 spiro atoms. The number of unbranched alkanes of at least 4 members (excludes halogenated alkanes) is 2. The molecule has 2 aromatic rings. The molecule has 0 aromatic heterocycles. The second kappa shape index (κ2) is 12.8. The first kappa shape index (κ1) is 26.9. The molecule has 0 saturated carbocycles. The topological polar surface area (TPSA) is 0 Å². The fraction of sp³-hybridized carbons (Fsp3) is 0.407. The van der Waals surface area contributed by atoms with E-state index in [1.54, 1.807) is 16.7 Å². The minimum Gasteiger partial charge on any atom is -1.00 e. The summed E-state index contributed by atoms with van der Waals surface area (Å²) in [4.78, 5) is 0. The molecule has 2 atom stereocenters. The zero-order chi connectivity index (χ0) is 20.2. The van der Waals surface area contributed by atoms with E-state index in [4.69, 9.17) is 0 Å². The molecule has 0 heterocycles. The van der Waals surface area contributed by atoms with E-state index in [9.17, 15) is 0 Å². The van der Waals surface area contributed by atoms with Gasteiger partial charge in [-0.25, -0.2) is 0 Å². The van der Waals surface area contributed by atoms with Crippen LogP contribution in [0.5, 0.6) is 0 Å². The van der Waals surface area contributed by atoms with E-state index in [1.165, 1.54) is 49.1 Å². The molecule has 0 bridgehead atoms. The van der Waals surface area contributed by atoms with Crippen molar-refractivity contribution in [3.8, 4) is 0 Å². The Hall–Kier alpha value is -0.356. The number of fused-ring (bicyclic) bond motifs is 2. The Bertz CT molecular complexity index is 913. The molecule has 2 unspecified atom stereocenters. The molecular weight excluding hydrogens is 474 g/mol. The summed E-state index contributed by atoms with van der Waals surface area (Å²) in [5.41, 5.74) is 7.82. The Labute approximate surface area is 211 Å². The molecule has 0 fully saturated rings. The Balaban J connectivity index is 0.00000171. The van der Waals surface area contributed by atoms with Gasteiger partial charge in [0, 0.05) is 0 Å². The Morgan fingerprint density at radius 3 is 1.84 bits per heavy atom. The number of allylic oxidation sites excluding steroid dienone is 2. The SMILES string of the molecule is CCCCP(CCCC)C1=Cc2ccccc2[CH]1[Ti+2][CH]1C(C)=Cc2ccccc21.[Cl-].[Cl-]. The predicted molar refractivity (Wildman–Crippen MR) is 126 cm³/mol. The van der Waals surface area contributed by atoms with Gasteiger partial charge in [0.15, 0.2) is 0 Å². The normalized spacial score (nSPS) is 18.3. The summed E-state index contributed by atoms with van der Waals surface area (Å²) in [5, 5.41) is 1.85. The summed E-state index contributed by atoms with van der Waals surface area (Å²) in [5.74, 6) is 0. The Morgan fingerprint density at radius 2 is 1.26 bits per heavy atom. The van der Waals surface area contributed by atoms with Crippen molar-refractivity contribution in [1.82, 2.24) is 0 Å². The number of halogens is 2. The van der Waals surface area contributed by atoms with Crippen LogP contribution in [0.4, 0.5) is 0 Å². The number of benzene rings is 2. The van der Waals surface area contributed by atoms with Crippen LogP contribution in [-0.2, 0) is 19.2 Å². The van der Waals surface area contributed by atoms with Crippen LogP contribution in [0.2, 0.25) is 0 Å². The third-order valence-corrected chi connectivity index (χ3v) is 12.7. The third kappa shape index (κ3) is 5.96. The van der Waals surface area contributed by atoms with Gasteiger partial charge in [0.25, 0.3) is 0 Å². The second-order valence-corrected chi connectivity index (χ2v) is 13.3. The monoisotopic (exact) mass is 506 g/mol. The van der Waals surface area contributed by atoms with E-state index >= 15 is 0 Å². The summed E-state index contributed by atoms with van der Waals surface area (Å²) in [6.07, 6.45) is 13.4. The zero-order valence-electron chi connectivity index (χ0n) is 18.9. The molecule has 31 heavy (non-hydrogen) atoms. The van der Waals surface area contributed by atoms with Gasteiger partial charge in [-0.2, -0.15) is 0 Å². The molecule has 2 aliphatic rings. The molecule has 0 saturated heterocycles. The van der Waals surface area contributed by atoms with Gasteiger partial charge in [0.05, 0.1) is 0 Å². The first-order valence-corrected chi connectivity index (χ1v) is 14.8. The molecule has 164 valence electrons. The summed E-state index contributed by atoms with van der Waals surface area (Å²) in [7, 11) is 0.0119. The van der Waals surface area contributed by atoms with Crippen LogP contribution < -0.4 is 24.8 Å². The average Bonchev–Trinajstić information content (AvgIpc) is 3.26. The number of hydrogen-bond donors (Lipinski definition) is 0. The molecule has 2 aliphatic carbocycles. The van der Waals surface area contributed by atoms with Crippen LogP contribution >= 0.6 is 7.92 Å². The molecule has 0 amide bonds. The van der Waals surface area contributed by atoms with Crippen molar-refractivity contribution in [2.24, 2.45) is 0 Å². The van der Waals surface area contributed by atoms with Crippen LogP contribution in [0.25, 0.3) is 12.2 Å². The van der Waals surface area contributed by atoms with E-state index in [0.29, 0.717) is 4.22 Å². The van der Waals surface area contributed by atoms with E-state index in [0.717, 1.165) is 4.22 Å². The smallest absolute Gasteiger partial charge is 1.00 e. The van der Waals surface area contributed by atoms with Gasteiger partial charge in [0.2, 0.25) is 0 Å². The molecule has 4 rings (SSSR count). The van der Waals surface area contributed by atoms with Crippen LogP contribution in [0.3, 0.4) is 0 Å². The van der Waals surface area contributed by atoms with E-state index < -0.39 is 0 Å². The summed E-state index contributed by atoms with van der Waals surface area (Å²) in [6, 6.07) is 18.4. The maximum Gasteiger partial charge on any atom is -1.00 e. The van der Waals surface area contributed by atoms with Crippen LogP contribution in [0.15, 0.2) is 59.4 Å². The van der Waals surface area contributed by atoms with Gasteiger partial charge in [-0.1, -0.05) is 0 Å². The number of hydrogen-bond acceptors (Lipinski definition) is 0. The van der Waals surface area contributed by atoms with Gasteiger partial charge in [-0.3, -0.25) is 0 Å². The van der Waals surface area contributed by atoms with Crippen LogP contribution in [0, 0.1) is 0 Å². The quantitative estimate of drug-likeness (QED) is 0.362. The summed E-state index contributed by atoms with van der Waals surface area (Å²) in [6.45, 7) is 7.07. The Morgan fingerprint density at radius 1 is 0.742 bits per heavy atom. The molecule has 2 aromatic carbocycles. The van der Waals surface area contributed by atoms with E-state index in [1.807, 2.05) is 5.31 Å². The fourth-order valence-corrected chi connectivity index (χ4v) is 11.7. The maximum atomic E-state index is 2.63. The molecule has 0 N–H and O–H groups in total. The van der Waals surface area contributed by atoms with Crippen molar-refractivity contribution in [3.05, 3.63) is 81.7 Å². The van der Waals surface area contributed by atoms with Crippen LogP contribution in [-0.4, -0.2) is 12.3 Å². The van der Waals surface area contributed by atoms with Gasteiger partial charge < -0.3 is 24.8 Å². The first-order valence-electron chi connectivity index (χ1n) is 11.3. The van der Waals surface area contributed by atoms with Gasteiger partial charge >= 0.3 is 188 Å². The minimum absolute atomic E-state index is 0. The van der Waals surface area contributed by atoms with Crippen molar-refractivity contribution in [2.75, 3.05) is 12.3 Å². The summed E-state index contributed by atoms with van der Waals surface area (Å²) >= 11 is -0.198. The van der Waals surface area contributed by atoms with Crippen molar-refractivity contribution >= 4 is 20.1 Å². The zero-order valence-corrected chi connectivity index (χ0v) is 22.8. The molecular formula is C27H33Cl2PTi. The van der Waals surface area contributed by atoms with E-state index in [2.05, 4.69) is 81.5 Å². The van der Waals surface area contributed by atoms with Crippen molar-refractivity contribution in [2.45, 2.75) is 54.9 Å². The minimum atomic E-state index is -0.198. The second-order valence-electron chi connectivity index (χ2n) is 8.44. The fourth-order valence-electron chi connectivity index (χ4n) is 4.69. The van der Waals surface area contributed by atoms with Gasteiger partial charge in [-0.05, 0) is 0 Å². The van der Waals surface area contributed by atoms with Crippen molar-refractivity contribution in [3.63, 3.8) is 0 Å². The van der Waals surface area contributed by atoms with Crippen LogP contribution in [0.1, 0.15) is 77.2 Å². The molecule has 4 heteroatoms. The molecule has 0 nitrogen and oxygen atoms in total. The molecule has 0 radical (unpaired) electrons. The predicted octanol–water partition coefficient (Wildman–Crippen LogP) is 2.41. The van der Waals surface area contributed by atoms with Gasteiger partial charge in [-0.15, -0.1) is 0 Å². The van der Waals surface area contributed by atoms with Gasteiger partial charge in [0.1, 0.15) is 0 Å². The maximum absolute atomic E-state index is 2.63.